The average Bonchev–Trinajstić information content (AvgIpc) is 3.24. The number of ether oxygens (including phenoxy) is 1. The largest absolute Gasteiger partial charge is 0.478 e. The zero-order chi connectivity index (χ0) is 26.1. The number of amides is 2. The topological polar surface area (TPSA) is 110 Å². The lowest BCUT2D eigenvalue weighted by Gasteiger charge is -2.27. The van der Waals surface area contributed by atoms with Gasteiger partial charge in [-0.25, -0.2) is 14.4 Å². The number of fused-ring (bicyclic) bond motifs is 1. The number of carboxylic acid groups (broad SMARTS) is 1. The number of aromatic nitrogens is 1. The highest BCUT2D eigenvalue weighted by Gasteiger charge is 2.37. The van der Waals surface area contributed by atoms with Crippen molar-refractivity contribution >= 4 is 46.4 Å². The SMILES string of the molecule is [C-]#[N+]C1=C(C)C(=Cc2cn(C(C)C(=O)OC)c3ccccc23)C(=O)N(c2ccc(C(=O)O)cc2)C1=O. The van der Waals surface area contributed by atoms with E-state index in [0.29, 0.717) is 5.56 Å². The molecule has 180 valence electrons. The molecule has 0 fully saturated rings. The Morgan fingerprint density at radius 1 is 1.08 bits per heavy atom. The summed E-state index contributed by atoms with van der Waals surface area (Å²) in [6.45, 7) is 10.8. The number of rotatable bonds is 5. The number of aromatic carboxylic acids is 1. The van der Waals surface area contributed by atoms with Gasteiger partial charge in [-0.15, -0.1) is 0 Å². The molecule has 0 radical (unpaired) electrons. The molecule has 9 heteroatoms. The molecule has 9 nitrogen and oxygen atoms in total. The van der Waals surface area contributed by atoms with Gasteiger partial charge in [-0.05, 0) is 55.8 Å². The molecule has 1 atom stereocenters. The van der Waals surface area contributed by atoms with E-state index in [1.54, 1.807) is 23.8 Å². The van der Waals surface area contributed by atoms with E-state index in [1.807, 2.05) is 24.3 Å². The van der Waals surface area contributed by atoms with Gasteiger partial charge in [0.15, 0.2) is 0 Å². The van der Waals surface area contributed by atoms with Gasteiger partial charge in [0.25, 0.3) is 17.5 Å². The van der Waals surface area contributed by atoms with E-state index in [4.69, 9.17) is 16.4 Å². The number of carbonyl (C=O) groups excluding carboxylic acids is 3. The Bertz CT molecular complexity index is 1540. The number of benzene rings is 2. The fourth-order valence-corrected chi connectivity index (χ4v) is 4.16. The first-order valence-electron chi connectivity index (χ1n) is 10.9. The standard InChI is InChI=1S/C27H21N3O6/c1-15-21(13-18-14-29(16(2)27(35)36-4)22-8-6-5-7-20(18)22)24(31)30(25(32)23(15)28-3)19-11-9-17(10-12-19)26(33)34/h5-14,16H,1-2,4H3,(H,33,34). The van der Waals surface area contributed by atoms with Gasteiger partial charge in [-0.1, -0.05) is 18.2 Å². The molecule has 0 saturated carbocycles. The van der Waals surface area contributed by atoms with Gasteiger partial charge >= 0.3 is 11.9 Å². The molecule has 3 aromatic rings. The van der Waals surface area contributed by atoms with Gasteiger partial charge in [0, 0.05) is 28.2 Å². The molecule has 0 bridgehead atoms. The quantitative estimate of drug-likeness (QED) is 0.252. The Morgan fingerprint density at radius 3 is 2.36 bits per heavy atom. The van der Waals surface area contributed by atoms with Crippen LogP contribution < -0.4 is 4.90 Å². The van der Waals surface area contributed by atoms with E-state index in [1.165, 1.54) is 38.3 Å². The van der Waals surface area contributed by atoms with Crippen LogP contribution in [0.15, 0.2) is 71.6 Å². The Kier molecular flexibility index (Phi) is 6.27. The number of nitrogens with zero attached hydrogens (tertiary/aromatic N) is 3. The van der Waals surface area contributed by atoms with Crippen molar-refractivity contribution in [3.8, 4) is 0 Å². The number of hydrogen-bond donors (Lipinski definition) is 1. The molecule has 2 amide bonds. The summed E-state index contributed by atoms with van der Waals surface area (Å²) in [7, 11) is 1.31. The van der Waals surface area contributed by atoms with Gasteiger partial charge in [0.2, 0.25) is 0 Å². The molecule has 1 aliphatic rings. The highest BCUT2D eigenvalue weighted by molar-refractivity contribution is 6.32. The number of para-hydroxylation sites is 1. The minimum Gasteiger partial charge on any atom is -0.478 e. The summed E-state index contributed by atoms with van der Waals surface area (Å²) in [5, 5.41) is 9.92. The predicted molar refractivity (Wildman–Crippen MR) is 132 cm³/mol. The zero-order valence-electron chi connectivity index (χ0n) is 19.7. The number of imide groups is 1. The van der Waals surface area contributed by atoms with Gasteiger partial charge in [0.1, 0.15) is 6.04 Å². The predicted octanol–water partition coefficient (Wildman–Crippen LogP) is 4.22. The molecular formula is C27H21N3O6. The highest BCUT2D eigenvalue weighted by atomic mass is 16.5. The number of carboxylic acids is 1. The number of methoxy groups -OCH3 is 1. The second-order valence-corrected chi connectivity index (χ2v) is 8.15. The van der Waals surface area contributed by atoms with Crippen molar-refractivity contribution < 1.29 is 29.0 Å². The maximum absolute atomic E-state index is 13.6. The average molecular weight is 483 g/mol. The van der Waals surface area contributed by atoms with Crippen molar-refractivity contribution in [3.05, 3.63) is 94.1 Å². The minimum absolute atomic E-state index is 0.00363. The zero-order valence-corrected chi connectivity index (χ0v) is 19.7. The summed E-state index contributed by atoms with van der Waals surface area (Å²) in [4.78, 5) is 54.3. The molecule has 1 aromatic heterocycles. The van der Waals surface area contributed by atoms with Crippen molar-refractivity contribution in [2.45, 2.75) is 19.9 Å². The normalized spacial score (nSPS) is 15.8. The third-order valence-electron chi connectivity index (χ3n) is 6.11. The van der Waals surface area contributed by atoms with Crippen LogP contribution >= 0.6 is 0 Å². The first-order chi connectivity index (χ1) is 17.2. The van der Waals surface area contributed by atoms with Gasteiger partial charge in [0.05, 0.1) is 24.9 Å². The fourth-order valence-electron chi connectivity index (χ4n) is 4.16. The minimum atomic E-state index is -1.14. The molecule has 1 N–H and O–H groups in total. The molecule has 0 saturated heterocycles. The maximum Gasteiger partial charge on any atom is 0.335 e. The Hall–Kier alpha value is -4.97. The van der Waals surface area contributed by atoms with Crippen LogP contribution in [0.4, 0.5) is 5.69 Å². The molecule has 4 rings (SSSR count). The molecular weight excluding hydrogens is 462 g/mol. The first-order valence-corrected chi connectivity index (χ1v) is 10.9. The smallest absolute Gasteiger partial charge is 0.335 e. The van der Waals surface area contributed by atoms with Crippen LogP contribution in [-0.4, -0.2) is 40.5 Å². The Labute approximate surface area is 206 Å². The lowest BCUT2D eigenvalue weighted by atomic mass is 9.96. The second-order valence-electron chi connectivity index (χ2n) is 8.15. The van der Waals surface area contributed by atoms with Gasteiger partial charge in [-0.3, -0.25) is 14.5 Å². The summed E-state index contributed by atoms with van der Waals surface area (Å²) in [6.07, 6.45) is 3.32. The van der Waals surface area contributed by atoms with Crippen LogP contribution in [0.2, 0.25) is 0 Å². The van der Waals surface area contributed by atoms with E-state index < -0.39 is 29.8 Å². The first kappa shape index (κ1) is 24.2. The lowest BCUT2D eigenvalue weighted by Crippen LogP contribution is -2.42. The van der Waals surface area contributed by atoms with Crippen molar-refractivity contribution in [1.29, 1.82) is 0 Å². The molecule has 2 aromatic carbocycles. The third-order valence-corrected chi connectivity index (χ3v) is 6.11. The van der Waals surface area contributed by atoms with Crippen molar-refractivity contribution in [2.75, 3.05) is 12.0 Å². The second kappa shape index (κ2) is 9.35. The summed E-state index contributed by atoms with van der Waals surface area (Å²) in [6, 6.07) is 12.0. The van der Waals surface area contributed by atoms with E-state index in [9.17, 15) is 19.2 Å². The van der Waals surface area contributed by atoms with Gasteiger partial charge in [-0.2, -0.15) is 0 Å². The lowest BCUT2D eigenvalue weighted by molar-refractivity contribution is -0.143. The Balaban J connectivity index is 1.88. The molecule has 1 unspecified atom stereocenters. The van der Waals surface area contributed by atoms with Crippen molar-refractivity contribution in [3.63, 3.8) is 0 Å². The molecule has 0 aliphatic carbocycles. The van der Waals surface area contributed by atoms with Crippen molar-refractivity contribution in [2.24, 2.45) is 0 Å². The molecule has 1 aliphatic heterocycles. The van der Waals surface area contributed by atoms with E-state index >= 15 is 0 Å². The number of carbonyl (C=O) groups is 4. The van der Waals surface area contributed by atoms with E-state index in [-0.39, 0.29) is 28.1 Å². The van der Waals surface area contributed by atoms with E-state index in [0.717, 1.165) is 15.8 Å². The number of esters is 1. The third kappa shape index (κ3) is 3.95. The monoisotopic (exact) mass is 483 g/mol. The molecule has 0 spiro atoms. The van der Waals surface area contributed by atoms with Crippen LogP contribution in [0.25, 0.3) is 21.8 Å². The number of anilines is 1. The number of hydrogen-bond acceptors (Lipinski definition) is 5. The van der Waals surface area contributed by atoms with Gasteiger partial charge < -0.3 is 14.4 Å². The van der Waals surface area contributed by atoms with Crippen molar-refractivity contribution in [1.82, 2.24) is 4.57 Å². The molecule has 36 heavy (non-hydrogen) atoms. The van der Waals surface area contributed by atoms with E-state index in [2.05, 4.69) is 4.85 Å². The summed E-state index contributed by atoms with van der Waals surface area (Å²) in [5.41, 5.74) is 1.66. The molecule has 2 heterocycles. The summed E-state index contributed by atoms with van der Waals surface area (Å²) >= 11 is 0. The summed E-state index contributed by atoms with van der Waals surface area (Å²) in [5.74, 6) is -3.01. The maximum atomic E-state index is 13.6. The van der Waals surface area contributed by atoms with Crippen LogP contribution in [0, 0.1) is 6.57 Å². The summed E-state index contributed by atoms with van der Waals surface area (Å²) < 4.78 is 6.62. The fraction of sp³-hybridized carbons (Fsp3) is 0.148. The van der Waals surface area contributed by atoms with Crippen LogP contribution in [0.1, 0.15) is 35.8 Å². The van der Waals surface area contributed by atoms with Crippen LogP contribution in [-0.2, 0) is 19.1 Å². The van der Waals surface area contributed by atoms with Crippen LogP contribution in [0.5, 0.6) is 0 Å². The Morgan fingerprint density at radius 2 is 1.75 bits per heavy atom. The highest BCUT2D eigenvalue weighted by Crippen LogP contribution is 2.34. The van der Waals surface area contributed by atoms with Crippen LogP contribution in [0.3, 0.4) is 0 Å².